The van der Waals surface area contributed by atoms with E-state index in [1.165, 1.54) is 42.1 Å². The summed E-state index contributed by atoms with van der Waals surface area (Å²) in [5.41, 5.74) is 3.73. The molecule has 3 aromatic carbocycles. The van der Waals surface area contributed by atoms with E-state index in [-0.39, 0.29) is 0 Å². The molecule has 2 aromatic heterocycles. The molecule has 5 rings (SSSR count). The molecule has 3 heteroatoms. The van der Waals surface area contributed by atoms with E-state index in [9.17, 15) is 0 Å². The number of nitrogens with zero attached hydrogens (tertiary/aromatic N) is 1. The van der Waals surface area contributed by atoms with Crippen molar-refractivity contribution in [3.63, 3.8) is 0 Å². The van der Waals surface area contributed by atoms with E-state index in [1.54, 1.807) is 5.19 Å². The molecular weight excluding hydrogens is 398 g/mol. The SMILES string of the molecule is CC(C)c1cc(-c2nccc3sc4c([Si](C)(C)C)cccc4c23)cc2ccccc12. The summed E-state index contributed by atoms with van der Waals surface area (Å²) in [7, 11) is -1.43. The third kappa shape index (κ3) is 3.08. The topological polar surface area (TPSA) is 12.9 Å². The lowest BCUT2D eigenvalue weighted by Crippen LogP contribution is -2.37. The van der Waals surface area contributed by atoms with Gasteiger partial charge in [-0.2, -0.15) is 0 Å². The molecule has 0 aliphatic carbocycles. The summed E-state index contributed by atoms with van der Waals surface area (Å²) in [6.45, 7) is 11.9. The number of thiophene rings is 1. The number of hydrogen-bond donors (Lipinski definition) is 0. The Hall–Kier alpha value is -2.49. The maximum Gasteiger partial charge on any atom is 0.0795 e. The van der Waals surface area contributed by atoms with Crippen molar-refractivity contribution < 1.29 is 0 Å². The largest absolute Gasteiger partial charge is 0.256 e. The number of hydrogen-bond acceptors (Lipinski definition) is 2. The van der Waals surface area contributed by atoms with E-state index in [0.29, 0.717) is 5.92 Å². The Morgan fingerprint density at radius 1 is 0.867 bits per heavy atom. The standard InChI is InChI=1S/C27H27NSSi/c1-17(2)22-16-19(15-18-9-6-7-10-20(18)22)26-25-21-11-8-12-24(30(3,4)5)27(21)29-23(25)13-14-28-26/h6-17H,1-5H3. The van der Waals surface area contributed by atoms with Crippen molar-refractivity contribution in [1.82, 2.24) is 4.98 Å². The molecular formula is C27H27NSSi. The Morgan fingerprint density at radius 3 is 2.40 bits per heavy atom. The minimum absolute atomic E-state index is 0.465. The van der Waals surface area contributed by atoms with Crippen molar-refractivity contribution in [2.24, 2.45) is 0 Å². The van der Waals surface area contributed by atoms with Crippen LogP contribution in [-0.4, -0.2) is 13.1 Å². The van der Waals surface area contributed by atoms with E-state index in [0.717, 1.165) is 5.69 Å². The average Bonchev–Trinajstić information content (AvgIpc) is 3.10. The minimum Gasteiger partial charge on any atom is -0.256 e. The molecule has 0 aliphatic heterocycles. The lowest BCUT2D eigenvalue weighted by atomic mass is 9.92. The van der Waals surface area contributed by atoms with Crippen molar-refractivity contribution in [1.29, 1.82) is 0 Å². The molecule has 0 bridgehead atoms. The number of aromatic nitrogens is 1. The highest BCUT2D eigenvalue weighted by molar-refractivity contribution is 7.27. The molecule has 150 valence electrons. The third-order valence-electron chi connectivity index (χ3n) is 6.01. The molecule has 2 heterocycles. The molecule has 0 atom stereocenters. The fourth-order valence-electron chi connectivity index (χ4n) is 4.51. The molecule has 0 fully saturated rings. The Bertz CT molecular complexity index is 1410. The molecule has 0 saturated heterocycles. The maximum atomic E-state index is 4.92. The summed E-state index contributed by atoms with van der Waals surface area (Å²) < 4.78 is 2.78. The van der Waals surface area contributed by atoms with Crippen LogP contribution in [0.5, 0.6) is 0 Å². The zero-order valence-corrected chi connectivity index (χ0v) is 20.1. The first kappa shape index (κ1) is 19.5. The predicted molar refractivity (Wildman–Crippen MR) is 137 cm³/mol. The van der Waals surface area contributed by atoms with Crippen molar-refractivity contribution in [3.8, 4) is 11.3 Å². The molecule has 5 aromatic rings. The van der Waals surface area contributed by atoms with Crippen LogP contribution in [0, 0.1) is 0 Å². The lowest BCUT2D eigenvalue weighted by Gasteiger charge is -2.17. The van der Waals surface area contributed by atoms with Crippen molar-refractivity contribution >= 4 is 55.5 Å². The second kappa shape index (κ2) is 7.04. The van der Waals surface area contributed by atoms with Crippen LogP contribution in [-0.2, 0) is 0 Å². The van der Waals surface area contributed by atoms with E-state index in [2.05, 4.69) is 94.2 Å². The van der Waals surface area contributed by atoms with Crippen LogP contribution in [0.15, 0.2) is 66.9 Å². The van der Waals surface area contributed by atoms with Gasteiger partial charge in [-0.05, 0) is 45.6 Å². The summed E-state index contributed by atoms with van der Waals surface area (Å²) in [5, 5.41) is 6.85. The Labute approximate surface area is 183 Å². The molecule has 30 heavy (non-hydrogen) atoms. The van der Waals surface area contributed by atoms with Crippen molar-refractivity contribution in [2.75, 3.05) is 0 Å². The van der Waals surface area contributed by atoms with Gasteiger partial charge in [-0.15, -0.1) is 11.3 Å². The van der Waals surface area contributed by atoms with Crippen molar-refractivity contribution in [2.45, 2.75) is 39.4 Å². The van der Waals surface area contributed by atoms with Gasteiger partial charge < -0.3 is 0 Å². The van der Waals surface area contributed by atoms with E-state index < -0.39 is 8.07 Å². The van der Waals surface area contributed by atoms with Gasteiger partial charge in [0.1, 0.15) is 0 Å². The second-order valence-corrected chi connectivity index (χ2v) is 15.6. The summed E-state index contributed by atoms with van der Waals surface area (Å²) in [6, 6.07) is 22.4. The molecule has 0 amide bonds. The number of benzene rings is 3. The van der Waals surface area contributed by atoms with E-state index in [4.69, 9.17) is 4.98 Å². The fourth-order valence-corrected chi connectivity index (χ4v) is 8.11. The van der Waals surface area contributed by atoms with Crippen LogP contribution >= 0.6 is 11.3 Å². The minimum atomic E-state index is -1.43. The molecule has 0 saturated carbocycles. The van der Waals surface area contributed by atoms with E-state index in [1.807, 2.05) is 17.5 Å². The Morgan fingerprint density at radius 2 is 1.63 bits per heavy atom. The first-order valence-corrected chi connectivity index (χ1v) is 15.0. The fraction of sp³-hybridized carbons (Fsp3) is 0.222. The van der Waals surface area contributed by atoms with Crippen molar-refractivity contribution in [3.05, 3.63) is 72.4 Å². The van der Waals surface area contributed by atoms with Crippen LogP contribution in [0.1, 0.15) is 25.3 Å². The molecule has 0 unspecified atom stereocenters. The zero-order chi connectivity index (χ0) is 21.0. The quantitative estimate of drug-likeness (QED) is 0.267. The number of rotatable bonds is 3. The van der Waals surface area contributed by atoms with E-state index >= 15 is 0 Å². The van der Waals surface area contributed by atoms with Crippen LogP contribution in [0.3, 0.4) is 0 Å². The van der Waals surface area contributed by atoms with Gasteiger partial charge in [-0.3, -0.25) is 4.98 Å². The van der Waals surface area contributed by atoms with Gasteiger partial charge in [0.15, 0.2) is 0 Å². The van der Waals surface area contributed by atoms with Crippen LogP contribution in [0.2, 0.25) is 19.6 Å². The normalized spacial score (nSPS) is 12.5. The Balaban J connectivity index is 1.86. The van der Waals surface area contributed by atoms with Gasteiger partial charge in [-0.1, -0.05) is 76.0 Å². The first-order chi connectivity index (χ1) is 14.3. The summed E-state index contributed by atoms with van der Waals surface area (Å²) in [6.07, 6.45) is 1.98. The van der Waals surface area contributed by atoms with Gasteiger partial charge in [0, 0.05) is 31.9 Å². The van der Waals surface area contributed by atoms with Gasteiger partial charge in [0.05, 0.1) is 13.8 Å². The third-order valence-corrected chi connectivity index (χ3v) is 9.42. The maximum absolute atomic E-state index is 4.92. The van der Waals surface area contributed by atoms with Gasteiger partial charge in [0.25, 0.3) is 0 Å². The van der Waals surface area contributed by atoms with Crippen LogP contribution in [0.25, 0.3) is 42.2 Å². The highest BCUT2D eigenvalue weighted by Crippen LogP contribution is 2.40. The molecule has 0 radical (unpaired) electrons. The van der Waals surface area contributed by atoms with Gasteiger partial charge >= 0.3 is 0 Å². The highest BCUT2D eigenvalue weighted by atomic mass is 32.1. The van der Waals surface area contributed by atoms with Crippen LogP contribution in [0.4, 0.5) is 0 Å². The first-order valence-electron chi connectivity index (χ1n) is 10.7. The molecule has 0 spiro atoms. The van der Waals surface area contributed by atoms with Gasteiger partial charge in [-0.25, -0.2) is 0 Å². The predicted octanol–water partition coefficient (Wildman–Crippen LogP) is 7.94. The summed E-state index contributed by atoms with van der Waals surface area (Å²) >= 11 is 1.93. The summed E-state index contributed by atoms with van der Waals surface area (Å²) in [5.74, 6) is 0.465. The lowest BCUT2D eigenvalue weighted by molar-refractivity contribution is 0.876. The number of fused-ring (bicyclic) bond motifs is 4. The van der Waals surface area contributed by atoms with Gasteiger partial charge in [0.2, 0.25) is 0 Å². The Kier molecular flexibility index (Phi) is 4.57. The molecule has 0 aliphatic rings. The average molecular weight is 426 g/mol. The monoisotopic (exact) mass is 425 g/mol. The van der Waals surface area contributed by atoms with Crippen LogP contribution < -0.4 is 5.19 Å². The second-order valence-electron chi connectivity index (χ2n) is 9.51. The highest BCUT2D eigenvalue weighted by Gasteiger charge is 2.22. The molecule has 0 N–H and O–H groups in total. The zero-order valence-electron chi connectivity index (χ0n) is 18.3. The molecule has 1 nitrogen and oxygen atoms in total. The number of pyridine rings is 1. The smallest absolute Gasteiger partial charge is 0.0795 e. The summed E-state index contributed by atoms with van der Waals surface area (Å²) in [4.78, 5) is 4.92.